The van der Waals surface area contributed by atoms with Crippen LogP contribution in [-0.4, -0.2) is 11.3 Å². The zero-order valence-electron chi connectivity index (χ0n) is 6.72. The van der Waals surface area contributed by atoms with Gasteiger partial charge in [0, 0.05) is 11.3 Å². The number of nitrogens with zero attached hydrogens (tertiary/aromatic N) is 1. The Morgan fingerprint density at radius 2 is 2.23 bits per heavy atom. The van der Waals surface area contributed by atoms with Gasteiger partial charge in [-0.2, -0.15) is 0 Å². The summed E-state index contributed by atoms with van der Waals surface area (Å²) in [5.74, 6) is 0. The summed E-state index contributed by atoms with van der Waals surface area (Å²) in [5, 5.41) is 0. The van der Waals surface area contributed by atoms with Gasteiger partial charge >= 0.3 is 0 Å². The molecular formula is C8H6F2INO. The normalized spacial score (nSPS) is 10.5. The predicted octanol–water partition coefficient (Wildman–Crippen LogP) is 2.74. The third-order valence-electron chi connectivity index (χ3n) is 1.47. The number of halogens is 3. The fourth-order valence-electron chi connectivity index (χ4n) is 0.938. The molecule has 2 nitrogen and oxygen atoms in total. The van der Waals surface area contributed by atoms with Crippen molar-refractivity contribution in [1.82, 2.24) is 4.98 Å². The van der Waals surface area contributed by atoms with Crippen molar-refractivity contribution in [2.45, 2.75) is 13.3 Å². The number of aromatic nitrogens is 1. The number of hydrogen-bond donors (Lipinski definition) is 0. The van der Waals surface area contributed by atoms with Gasteiger partial charge < -0.3 is 0 Å². The molecule has 0 aliphatic carbocycles. The minimum Gasteiger partial charge on any atom is -0.298 e. The molecule has 0 unspecified atom stereocenters. The van der Waals surface area contributed by atoms with Crippen LogP contribution in [0.2, 0.25) is 0 Å². The van der Waals surface area contributed by atoms with Crippen molar-refractivity contribution < 1.29 is 13.6 Å². The van der Waals surface area contributed by atoms with Gasteiger partial charge in [0.15, 0.2) is 6.29 Å². The Labute approximate surface area is 87.5 Å². The van der Waals surface area contributed by atoms with Crippen molar-refractivity contribution in [3.63, 3.8) is 0 Å². The van der Waals surface area contributed by atoms with E-state index >= 15 is 0 Å². The van der Waals surface area contributed by atoms with Gasteiger partial charge in [0.2, 0.25) is 0 Å². The summed E-state index contributed by atoms with van der Waals surface area (Å²) >= 11 is 1.70. The van der Waals surface area contributed by atoms with E-state index in [2.05, 4.69) is 4.98 Å². The molecule has 1 heterocycles. The van der Waals surface area contributed by atoms with Gasteiger partial charge in [0.1, 0.15) is 5.69 Å². The van der Waals surface area contributed by atoms with E-state index in [-0.39, 0.29) is 14.8 Å². The van der Waals surface area contributed by atoms with Gasteiger partial charge in [-0.15, -0.1) is 0 Å². The Bertz CT molecular complexity index is 341. The Morgan fingerprint density at radius 1 is 1.62 bits per heavy atom. The van der Waals surface area contributed by atoms with Crippen molar-refractivity contribution >= 4 is 28.9 Å². The summed E-state index contributed by atoms with van der Waals surface area (Å²) in [6.07, 6.45) is -2.08. The molecule has 0 fully saturated rings. The lowest BCUT2D eigenvalue weighted by Gasteiger charge is -2.05. The second-order valence-electron chi connectivity index (χ2n) is 2.47. The average molecular weight is 297 g/mol. The maximum Gasteiger partial charge on any atom is 0.281 e. The van der Waals surface area contributed by atoms with Crippen LogP contribution in [0.25, 0.3) is 0 Å². The van der Waals surface area contributed by atoms with E-state index in [9.17, 15) is 13.6 Å². The van der Waals surface area contributed by atoms with Gasteiger partial charge in [-0.05, 0) is 35.6 Å². The highest BCUT2D eigenvalue weighted by Crippen LogP contribution is 2.24. The van der Waals surface area contributed by atoms with Crippen molar-refractivity contribution in [2.24, 2.45) is 0 Å². The van der Waals surface area contributed by atoms with E-state index in [0.717, 1.165) is 0 Å². The van der Waals surface area contributed by atoms with Crippen molar-refractivity contribution in [2.75, 3.05) is 0 Å². The number of hydrogen-bond acceptors (Lipinski definition) is 2. The van der Waals surface area contributed by atoms with E-state index in [1.165, 1.54) is 6.07 Å². The minimum atomic E-state index is -2.63. The summed E-state index contributed by atoms with van der Waals surface area (Å²) in [6, 6.07) is 1.49. The van der Waals surface area contributed by atoms with Crippen LogP contribution in [0.5, 0.6) is 0 Å². The molecule has 13 heavy (non-hydrogen) atoms. The largest absolute Gasteiger partial charge is 0.298 e. The van der Waals surface area contributed by atoms with E-state index < -0.39 is 6.43 Å². The fourth-order valence-corrected chi connectivity index (χ4v) is 1.58. The van der Waals surface area contributed by atoms with E-state index in [1.807, 2.05) is 0 Å². The number of aryl methyl sites for hydroxylation is 1. The van der Waals surface area contributed by atoms with Crippen LogP contribution < -0.4 is 0 Å². The molecule has 0 atom stereocenters. The SMILES string of the molecule is Cc1cc(C=O)c(I)c(C(F)F)n1. The van der Waals surface area contributed by atoms with Gasteiger partial charge in [-0.25, -0.2) is 8.78 Å². The zero-order chi connectivity index (χ0) is 10.0. The second-order valence-corrected chi connectivity index (χ2v) is 3.55. The number of alkyl halides is 2. The number of aldehydes is 1. The summed E-state index contributed by atoms with van der Waals surface area (Å²) in [5.41, 5.74) is 0.379. The van der Waals surface area contributed by atoms with E-state index in [0.29, 0.717) is 12.0 Å². The van der Waals surface area contributed by atoms with E-state index in [4.69, 9.17) is 0 Å². The van der Waals surface area contributed by atoms with Crippen LogP contribution in [0.15, 0.2) is 6.07 Å². The van der Waals surface area contributed by atoms with Crippen LogP contribution >= 0.6 is 22.6 Å². The molecule has 5 heteroatoms. The molecule has 0 saturated heterocycles. The van der Waals surface area contributed by atoms with Crippen LogP contribution in [0.4, 0.5) is 8.78 Å². The highest BCUT2D eigenvalue weighted by molar-refractivity contribution is 14.1. The van der Waals surface area contributed by atoms with Crippen LogP contribution in [0.3, 0.4) is 0 Å². The van der Waals surface area contributed by atoms with Crippen molar-refractivity contribution in [3.05, 3.63) is 26.6 Å². The third-order valence-corrected chi connectivity index (χ3v) is 2.65. The number of rotatable bonds is 2. The standard InChI is InChI=1S/C8H6F2INO/c1-4-2-5(3-13)6(11)7(12-4)8(9)10/h2-3,8H,1H3. The maximum absolute atomic E-state index is 12.3. The van der Waals surface area contributed by atoms with Crippen LogP contribution in [-0.2, 0) is 0 Å². The Balaban J connectivity index is 3.35. The molecule has 0 aliphatic heterocycles. The minimum absolute atomic E-state index is 0.230. The first kappa shape index (κ1) is 10.5. The third kappa shape index (κ3) is 2.20. The quantitative estimate of drug-likeness (QED) is 0.620. The monoisotopic (exact) mass is 297 g/mol. The van der Waals surface area contributed by atoms with E-state index in [1.54, 1.807) is 29.5 Å². The summed E-state index contributed by atoms with van der Waals surface area (Å²) in [7, 11) is 0. The first-order valence-electron chi connectivity index (χ1n) is 3.46. The Hall–Kier alpha value is -0.590. The van der Waals surface area contributed by atoms with Gasteiger partial charge in [-0.3, -0.25) is 9.78 Å². The Kier molecular flexibility index (Phi) is 3.29. The predicted molar refractivity (Wildman–Crippen MR) is 52.0 cm³/mol. The molecule has 0 spiro atoms. The maximum atomic E-state index is 12.3. The molecule has 1 aromatic rings. The molecule has 0 saturated carbocycles. The molecule has 0 bridgehead atoms. The van der Waals surface area contributed by atoms with Gasteiger partial charge in [-0.1, -0.05) is 0 Å². The molecule has 1 aromatic heterocycles. The second kappa shape index (κ2) is 4.08. The highest BCUT2D eigenvalue weighted by Gasteiger charge is 2.16. The zero-order valence-corrected chi connectivity index (χ0v) is 8.88. The number of carbonyl (C=O) groups excluding carboxylic acids is 1. The first-order valence-corrected chi connectivity index (χ1v) is 4.54. The molecule has 1 rings (SSSR count). The van der Waals surface area contributed by atoms with Crippen molar-refractivity contribution in [3.8, 4) is 0 Å². The van der Waals surface area contributed by atoms with Crippen LogP contribution in [0, 0.1) is 10.5 Å². The molecular weight excluding hydrogens is 291 g/mol. The lowest BCUT2D eigenvalue weighted by molar-refractivity contribution is 0.112. The summed E-state index contributed by atoms with van der Waals surface area (Å²) < 4.78 is 24.9. The average Bonchev–Trinajstić information content (AvgIpc) is 2.08. The lowest BCUT2D eigenvalue weighted by Crippen LogP contribution is -2.01. The number of pyridine rings is 1. The molecule has 0 radical (unpaired) electrons. The smallest absolute Gasteiger partial charge is 0.281 e. The number of carbonyl (C=O) groups is 1. The van der Waals surface area contributed by atoms with Crippen molar-refractivity contribution in [1.29, 1.82) is 0 Å². The lowest BCUT2D eigenvalue weighted by atomic mass is 10.2. The summed E-state index contributed by atoms with van der Waals surface area (Å²) in [6.45, 7) is 1.58. The van der Waals surface area contributed by atoms with Gasteiger partial charge in [0.25, 0.3) is 6.43 Å². The highest BCUT2D eigenvalue weighted by atomic mass is 127. The Morgan fingerprint density at radius 3 is 2.69 bits per heavy atom. The molecule has 70 valence electrons. The topological polar surface area (TPSA) is 30.0 Å². The fraction of sp³-hybridized carbons (Fsp3) is 0.250. The first-order chi connectivity index (χ1) is 6.06. The molecule has 0 N–H and O–H groups in total. The van der Waals surface area contributed by atoms with Crippen LogP contribution in [0.1, 0.15) is 28.2 Å². The molecule has 0 aliphatic rings. The summed E-state index contributed by atoms with van der Waals surface area (Å²) in [4.78, 5) is 14.1. The van der Waals surface area contributed by atoms with Gasteiger partial charge in [0.05, 0.1) is 3.57 Å². The molecule has 0 amide bonds. The molecule has 0 aromatic carbocycles.